The van der Waals surface area contributed by atoms with Crippen LogP contribution in [0, 0.1) is 0 Å². The van der Waals surface area contributed by atoms with Crippen molar-refractivity contribution in [3.05, 3.63) is 11.7 Å². The van der Waals surface area contributed by atoms with Crippen LogP contribution in [0.15, 0.2) is 4.52 Å². The van der Waals surface area contributed by atoms with E-state index < -0.39 is 0 Å². The van der Waals surface area contributed by atoms with Crippen LogP contribution in [0.4, 0.5) is 0 Å². The van der Waals surface area contributed by atoms with Crippen molar-refractivity contribution in [2.75, 3.05) is 6.54 Å². The van der Waals surface area contributed by atoms with Crippen molar-refractivity contribution < 1.29 is 4.52 Å². The molecule has 90 valence electrons. The molecule has 1 aromatic heterocycles. The lowest BCUT2D eigenvalue weighted by Gasteiger charge is -2.21. The van der Waals surface area contributed by atoms with Gasteiger partial charge in [-0.3, -0.25) is 0 Å². The zero-order valence-electron chi connectivity index (χ0n) is 10.4. The molecule has 2 rings (SSSR count). The molecule has 4 heteroatoms. The molecule has 2 N–H and O–H groups in total. The molecular weight excluding hydrogens is 202 g/mol. The van der Waals surface area contributed by atoms with Gasteiger partial charge in [-0.15, -0.1) is 0 Å². The Bertz CT molecular complexity index is 359. The summed E-state index contributed by atoms with van der Waals surface area (Å²) < 4.78 is 5.43. The summed E-state index contributed by atoms with van der Waals surface area (Å²) in [6.45, 7) is 6.88. The van der Waals surface area contributed by atoms with E-state index in [0.717, 1.165) is 24.6 Å². The maximum absolute atomic E-state index is 5.89. The molecule has 0 radical (unpaired) electrons. The molecule has 1 aliphatic rings. The first kappa shape index (κ1) is 11.6. The first-order chi connectivity index (χ1) is 7.48. The number of aromatic nitrogens is 2. The van der Waals surface area contributed by atoms with E-state index in [9.17, 15) is 0 Å². The van der Waals surface area contributed by atoms with E-state index in [1.807, 2.05) is 0 Å². The van der Waals surface area contributed by atoms with Crippen LogP contribution in [0.5, 0.6) is 0 Å². The minimum Gasteiger partial charge on any atom is -0.339 e. The Labute approximate surface area is 96.6 Å². The van der Waals surface area contributed by atoms with Gasteiger partial charge in [0.2, 0.25) is 5.89 Å². The van der Waals surface area contributed by atoms with E-state index >= 15 is 0 Å². The number of hydrogen-bond acceptors (Lipinski definition) is 4. The summed E-state index contributed by atoms with van der Waals surface area (Å²) in [7, 11) is 0. The molecular formula is C12H21N3O. The smallest absolute Gasteiger partial charge is 0.234 e. The highest BCUT2D eigenvalue weighted by molar-refractivity contribution is 5.11. The summed E-state index contributed by atoms with van der Waals surface area (Å²) in [5.74, 6) is 1.53. The Hall–Kier alpha value is -0.900. The monoisotopic (exact) mass is 223 g/mol. The van der Waals surface area contributed by atoms with Crippen molar-refractivity contribution in [1.29, 1.82) is 0 Å². The van der Waals surface area contributed by atoms with Crippen LogP contribution in [0.2, 0.25) is 0 Å². The minimum absolute atomic E-state index is 0.0451. The van der Waals surface area contributed by atoms with Crippen LogP contribution >= 0.6 is 0 Å². The topological polar surface area (TPSA) is 64.9 Å². The fourth-order valence-corrected chi connectivity index (χ4v) is 2.30. The largest absolute Gasteiger partial charge is 0.339 e. The van der Waals surface area contributed by atoms with Crippen LogP contribution in [0.1, 0.15) is 58.2 Å². The van der Waals surface area contributed by atoms with Gasteiger partial charge in [-0.05, 0) is 12.8 Å². The summed E-state index contributed by atoms with van der Waals surface area (Å²) in [4.78, 5) is 4.55. The quantitative estimate of drug-likeness (QED) is 0.834. The number of nitrogens with zero attached hydrogens (tertiary/aromatic N) is 2. The number of rotatable bonds is 2. The minimum atomic E-state index is -0.0594. The molecule has 4 nitrogen and oxygen atoms in total. The van der Waals surface area contributed by atoms with E-state index in [1.54, 1.807) is 0 Å². The molecule has 1 aliphatic carbocycles. The van der Waals surface area contributed by atoms with E-state index in [2.05, 4.69) is 30.9 Å². The van der Waals surface area contributed by atoms with Crippen LogP contribution < -0.4 is 5.73 Å². The van der Waals surface area contributed by atoms with Gasteiger partial charge in [0.25, 0.3) is 0 Å². The Morgan fingerprint density at radius 3 is 2.38 bits per heavy atom. The second-order valence-electron chi connectivity index (χ2n) is 5.86. The van der Waals surface area contributed by atoms with E-state index in [0.29, 0.717) is 6.54 Å². The van der Waals surface area contributed by atoms with Gasteiger partial charge >= 0.3 is 0 Å². The van der Waals surface area contributed by atoms with Crippen LogP contribution in [0.25, 0.3) is 0 Å². The van der Waals surface area contributed by atoms with Crippen molar-refractivity contribution in [3.8, 4) is 0 Å². The first-order valence-electron chi connectivity index (χ1n) is 6.03. The third kappa shape index (κ3) is 1.86. The predicted octanol–water partition coefficient (Wildman–Crippen LogP) is 2.14. The molecule has 0 amide bonds. The van der Waals surface area contributed by atoms with Crippen molar-refractivity contribution in [1.82, 2.24) is 10.1 Å². The van der Waals surface area contributed by atoms with Gasteiger partial charge < -0.3 is 10.3 Å². The Balaban J connectivity index is 2.30. The molecule has 1 saturated carbocycles. The predicted molar refractivity (Wildman–Crippen MR) is 62.2 cm³/mol. The summed E-state index contributed by atoms with van der Waals surface area (Å²) in [6, 6.07) is 0. The van der Waals surface area contributed by atoms with Gasteiger partial charge in [-0.2, -0.15) is 4.98 Å². The fourth-order valence-electron chi connectivity index (χ4n) is 2.30. The van der Waals surface area contributed by atoms with Gasteiger partial charge in [-0.1, -0.05) is 38.8 Å². The van der Waals surface area contributed by atoms with Crippen LogP contribution in [-0.2, 0) is 10.8 Å². The van der Waals surface area contributed by atoms with Crippen LogP contribution in [0.3, 0.4) is 0 Å². The second kappa shape index (κ2) is 3.84. The summed E-state index contributed by atoms with van der Waals surface area (Å²) in [5.41, 5.74) is 5.79. The molecule has 0 unspecified atom stereocenters. The lowest BCUT2D eigenvalue weighted by molar-refractivity contribution is 0.281. The molecule has 16 heavy (non-hydrogen) atoms. The summed E-state index contributed by atoms with van der Waals surface area (Å²) >= 11 is 0. The lowest BCUT2D eigenvalue weighted by atomic mass is 9.86. The number of nitrogens with two attached hydrogens (primary N) is 1. The zero-order chi connectivity index (χ0) is 11.8. The van der Waals surface area contributed by atoms with Gasteiger partial charge in [0.05, 0.1) is 5.41 Å². The Morgan fingerprint density at radius 2 is 1.94 bits per heavy atom. The van der Waals surface area contributed by atoms with Crippen molar-refractivity contribution >= 4 is 0 Å². The molecule has 1 heterocycles. The first-order valence-corrected chi connectivity index (χ1v) is 6.03. The standard InChI is InChI=1S/C12H21N3O/c1-11(2,3)9-14-10(16-15-9)12(8-13)6-4-5-7-12/h4-8,13H2,1-3H3. The van der Waals surface area contributed by atoms with E-state index in [1.165, 1.54) is 12.8 Å². The third-order valence-corrected chi connectivity index (χ3v) is 3.50. The van der Waals surface area contributed by atoms with Crippen molar-refractivity contribution in [2.24, 2.45) is 5.73 Å². The molecule has 1 aromatic rings. The summed E-state index contributed by atoms with van der Waals surface area (Å²) in [6.07, 6.45) is 4.58. The van der Waals surface area contributed by atoms with Gasteiger partial charge in [0.15, 0.2) is 5.82 Å². The average molecular weight is 223 g/mol. The molecule has 0 saturated heterocycles. The second-order valence-corrected chi connectivity index (χ2v) is 5.86. The molecule has 1 fully saturated rings. The molecule has 0 atom stereocenters. The highest BCUT2D eigenvalue weighted by atomic mass is 16.5. The summed E-state index contributed by atoms with van der Waals surface area (Å²) in [5, 5.41) is 4.08. The van der Waals surface area contributed by atoms with Gasteiger partial charge in [0, 0.05) is 12.0 Å². The molecule has 0 spiro atoms. The average Bonchev–Trinajstić information content (AvgIpc) is 2.86. The maximum Gasteiger partial charge on any atom is 0.234 e. The molecule has 0 aliphatic heterocycles. The normalized spacial score (nSPS) is 20.2. The van der Waals surface area contributed by atoms with E-state index in [4.69, 9.17) is 10.3 Å². The third-order valence-electron chi connectivity index (χ3n) is 3.50. The van der Waals surface area contributed by atoms with Crippen molar-refractivity contribution in [2.45, 2.75) is 57.3 Å². The maximum atomic E-state index is 5.89. The van der Waals surface area contributed by atoms with Crippen LogP contribution in [-0.4, -0.2) is 16.7 Å². The SMILES string of the molecule is CC(C)(C)c1noc(C2(CN)CCCC2)n1. The highest BCUT2D eigenvalue weighted by Gasteiger charge is 2.40. The van der Waals surface area contributed by atoms with Crippen molar-refractivity contribution in [3.63, 3.8) is 0 Å². The lowest BCUT2D eigenvalue weighted by Crippen LogP contribution is -2.32. The number of hydrogen-bond donors (Lipinski definition) is 1. The Kier molecular flexibility index (Phi) is 2.78. The molecule has 0 bridgehead atoms. The molecule has 0 aromatic carbocycles. The fraction of sp³-hybridized carbons (Fsp3) is 0.833. The van der Waals surface area contributed by atoms with E-state index in [-0.39, 0.29) is 10.8 Å². The zero-order valence-corrected chi connectivity index (χ0v) is 10.4. The Morgan fingerprint density at radius 1 is 1.31 bits per heavy atom. The van der Waals surface area contributed by atoms with Gasteiger partial charge in [-0.25, -0.2) is 0 Å². The van der Waals surface area contributed by atoms with Gasteiger partial charge in [0.1, 0.15) is 0 Å². The highest BCUT2D eigenvalue weighted by Crippen LogP contribution is 2.39.